The fourth-order valence-electron chi connectivity index (χ4n) is 5.15. The molecule has 0 saturated heterocycles. The number of ether oxygens (including phenoxy) is 1. The summed E-state index contributed by atoms with van der Waals surface area (Å²) in [6, 6.07) is 42.5. The first kappa shape index (κ1) is 43.6. The predicted octanol–water partition coefficient (Wildman–Crippen LogP) is 9.65. The van der Waals surface area contributed by atoms with Crippen molar-refractivity contribution in [1.29, 1.82) is 0 Å². The van der Waals surface area contributed by atoms with Crippen molar-refractivity contribution >= 4 is 103 Å². The Labute approximate surface area is 343 Å². The van der Waals surface area contributed by atoms with Crippen molar-refractivity contribution in [1.82, 2.24) is 15.0 Å². The van der Waals surface area contributed by atoms with Crippen molar-refractivity contribution in [2.24, 2.45) is 0 Å². The van der Waals surface area contributed by atoms with E-state index < -0.39 is 20.4 Å². The summed E-state index contributed by atoms with van der Waals surface area (Å²) in [5.74, 6) is -0.322. The highest BCUT2D eigenvalue weighted by atomic mass is 36.0. The number of aromatic amines is 3. The number of nitrogens with one attached hydrogen (secondary N) is 4. The van der Waals surface area contributed by atoms with E-state index in [9.17, 15) is 14.4 Å². The molecule has 294 valence electrons. The second-order valence-corrected chi connectivity index (χ2v) is 14.5. The lowest BCUT2D eigenvalue weighted by molar-refractivity contribution is 0.0691. The van der Waals surface area contributed by atoms with E-state index in [1.807, 2.05) is 97.1 Å². The van der Waals surface area contributed by atoms with Gasteiger partial charge in [-0.2, -0.15) is 0 Å². The zero-order valence-electron chi connectivity index (χ0n) is 30.0. The quantitative estimate of drug-likeness (QED) is 0.0633. The van der Waals surface area contributed by atoms with Gasteiger partial charge in [0, 0.05) is 71.5 Å². The number of nitrogens with two attached hydrogens (primary N) is 1. The van der Waals surface area contributed by atoms with Crippen LogP contribution in [0.5, 0.6) is 5.75 Å². The SMILES string of the molecule is COc1cccc(N)c1.O=C(Cl)c1cc2ccccc2[nH]1.O=C(Nc1cccc(CO)c1)c1cc2ccccc2[nH]1.O=C(O)c1cc2ccccc2[nH]1.O=S(Cl)Cl. The monoisotopic (exact) mass is 847 g/mol. The van der Waals surface area contributed by atoms with E-state index in [2.05, 4.69) is 41.6 Å². The van der Waals surface area contributed by atoms with Gasteiger partial charge in [0.1, 0.15) is 17.1 Å². The van der Waals surface area contributed by atoms with Gasteiger partial charge in [-0.3, -0.25) is 9.59 Å². The first-order valence-corrected chi connectivity index (χ1v) is 19.9. The molecule has 0 fully saturated rings. The maximum atomic E-state index is 12.2. The van der Waals surface area contributed by atoms with Gasteiger partial charge in [0.25, 0.3) is 11.1 Å². The number of aliphatic hydroxyl groups is 1. The molecule has 0 aliphatic heterocycles. The molecule has 8 rings (SSSR count). The molecule has 12 nitrogen and oxygen atoms in total. The highest BCUT2D eigenvalue weighted by Crippen LogP contribution is 2.18. The fraction of sp³-hybridized carbons (Fsp3) is 0.0488. The molecule has 0 spiro atoms. The van der Waals surface area contributed by atoms with Gasteiger partial charge < -0.3 is 41.0 Å². The van der Waals surface area contributed by atoms with Crippen LogP contribution in [0.1, 0.15) is 37.0 Å². The summed E-state index contributed by atoms with van der Waals surface area (Å²) in [6.45, 7) is -0.0455. The largest absolute Gasteiger partial charge is 0.497 e. The molecule has 8 N–H and O–H groups in total. The number of para-hydroxylation sites is 3. The smallest absolute Gasteiger partial charge is 0.352 e. The molecule has 0 atom stereocenters. The van der Waals surface area contributed by atoms with E-state index in [4.69, 9.17) is 36.5 Å². The Morgan fingerprint density at radius 2 is 1.16 bits per heavy atom. The van der Waals surface area contributed by atoms with E-state index in [1.165, 1.54) is 0 Å². The fourth-order valence-corrected chi connectivity index (χ4v) is 5.25. The second kappa shape index (κ2) is 21.9. The molecule has 0 aliphatic rings. The van der Waals surface area contributed by atoms with Crippen molar-refractivity contribution in [3.05, 3.63) is 162 Å². The number of carbonyl (C=O) groups excluding carboxylic acids is 2. The summed E-state index contributed by atoms with van der Waals surface area (Å²) in [5.41, 5.74) is 11.5. The standard InChI is InChI=1S/C16H14N2O2.C9H6ClNO.C9H7NO2.C7H9NO.Cl2OS/c19-10-11-4-3-6-13(8-11)17-16(20)15-9-12-5-1-2-7-14(12)18-15;10-9(12)8-5-6-3-1-2-4-7(6)11-8;11-9(12)8-5-6-3-1-2-4-7(6)10-8;1-9-7-4-2-3-6(8)5-7;1-4(2)3/h1-9,18-19H,10H2,(H,17,20);1-5,11H;1-5,10H,(H,11,12);2-5H,8H2,1H3;. The van der Waals surface area contributed by atoms with Crippen LogP contribution < -0.4 is 15.8 Å². The molecule has 0 unspecified atom stereocenters. The van der Waals surface area contributed by atoms with E-state index >= 15 is 0 Å². The lowest BCUT2D eigenvalue weighted by Gasteiger charge is -2.05. The van der Waals surface area contributed by atoms with Crippen LogP contribution in [0.25, 0.3) is 32.7 Å². The van der Waals surface area contributed by atoms with Gasteiger partial charge in [-0.1, -0.05) is 72.8 Å². The summed E-state index contributed by atoms with van der Waals surface area (Å²) >= 11 is 5.30. The van der Waals surface area contributed by atoms with Crippen LogP contribution >= 0.6 is 33.0 Å². The molecule has 0 aliphatic carbocycles. The molecule has 3 heterocycles. The summed E-state index contributed by atoms with van der Waals surface area (Å²) < 4.78 is 14.0. The Kier molecular flexibility index (Phi) is 16.7. The molecule has 0 bridgehead atoms. The Balaban J connectivity index is 0.000000170. The lowest BCUT2D eigenvalue weighted by atomic mass is 10.2. The number of fused-ring (bicyclic) bond motifs is 3. The van der Waals surface area contributed by atoms with Crippen LogP contribution in [0.3, 0.4) is 0 Å². The number of amides is 1. The minimum absolute atomic E-state index is 0.0455. The minimum Gasteiger partial charge on any atom is -0.497 e. The van der Waals surface area contributed by atoms with E-state index in [-0.39, 0.29) is 18.2 Å². The number of rotatable bonds is 6. The average Bonchev–Trinajstić information content (AvgIpc) is 3.96. The maximum absolute atomic E-state index is 12.2. The number of hydrogen-bond donors (Lipinski definition) is 7. The number of H-pyrrole nitrogens is 3. The number of hydrogen-bond acceptors (Lipinski definition) is 7. The number of carbonyl (C=O) groups is 3. The Bertz CT molecular complexity index is 2420. The van der Waals surface area contributed by atoms with E-state index in [0.717, 1.165) is 49.7 Å². The average molecular weight is 849 g/mol. The van der Waals surface area contributed by atoms with Crippen LogP contribution in [0.4, 0.5) is 11.4 Å². The minimum atomic E-state index is -1.67. The third-order valence-corrected chi connectivity index (χ3v) is 7.94. The normalized spacial score (nSPS) is 10.1. The molecule has 16 heteroatoms. The van der Waals surface area contributed by atoms with E-state index in [0.29, 0.717) is 17.1 Å². The second-order valence-electron chi connectivity index (χ2n) is 11.7. The van der Waals surface area contributed by atoms with Gasteiger partial charge in [0.05, 0.1) is 19.4 Å². The number of aromatic nitrogens is 3. The summed E-state index contributed by atoms with van der Waals surface area (Å²) in [5, 5.41) is 23.0. The Morgan fingerprint density at radius 1 is 0.684 bits per heavy atom. The lowest BCUT2D eigenvalue weighted by Crippen LogP contribution is -2.12. The summed E-state index contributed by atoms with van der Waals surface area (Å²) in [7, 11) is 8.98. The van der Waals surface area contributed by atoms with Crippen LogP contribution in [0, 0.1) is 0 Å². The molecular weight excluding hydrogens is 813 g/mol. The van der Waals surface area contributed by atoms with Crippen LogP contribution in [0.15, 0.2) is 140 Å². The maximum Gasteiger partial charge on any atom is 0.352 e. The Hall–Kier alpha value is -6.09. The molecule has 0 radical (unpaired) electrons. The molecule has 0 saturated carbocycles. The number of nitrogen functional groups attached to an aromatic ring is 1. The highest BCUT2D eigenvalue weighted by molar-refractivity contribution is 8.26. The van der Waals surface area contributed by atoms with Crippen molar-refractivity contribution in [2.75, 3.05) is 18.2 Å². The first-order valence-electron chi connectivity index (χ1n) is 16.7. The van der Waals surface area contributed by atoms with Crippen LogP contribution in [-0.4, -0.2) is 53.6 Å². The van der Waals surface area contributed by atoms with Gasteiger partial charge in [0.2, 0.25) is 9.23 Å². The molecule has 3 aromatic heterocycles. The molecular formula is C41H36Cl3N5O7S. The zero-order valence-corrected chi connectivity index (χ0v) is 33.1. The topological polar surface area (TPSA) is 203 Å². The van der Waals surface area contributed by atoms with Crippen LogP contribution in [-0.2, 0) is 15.8 Å². The van der Waals surface area contributed by atoms with Crippen molar-refractivity contribution in [2.45, 2.75) is 6.61 Å². The number of methoxy groups -OCH3 is 1. The van der Waals surface area contributed by atoms with Crippen molar-refractivity contribution in [3.8, 4) is 5.75 Å². The summed E-state index contributed by atoms with van der Waals surface area (Å²) in [4.78, 5) is 42.3. The number of carboxylic acid groups (broad SMARTS) is 1. The molecule has 57 heavy (non-hydrogen) atoms. The third kappa shape index (κ3) is 13.9. The molecule has 8 aromatic rings. The van der Waals surface area contributed by atoms with Crippen molar-refractivity contribution < 1.29 is 33.5 Å². The first-order chi connectivity index (χ1) is 27.4. The summed E-state index contributed by atoms with van der Waals surface area (Å²) in [6.07, 6.45) is 0. The predicted molar refractivity (Wildman–Crippen MR) is 230 cm³/mol. The highest BCUT2D eigenvalue weighted by Gasteiger charge is 2.10. The van der Waals surface area contributed by atoms with Gasteiger partial charge in [-0.25, -0.2) is 9.00 Å². The number of aromatic carboxylic acids is 1. The molecule has 5 aromatic carbocycles. The van der Waals surface area contributed by atoms with Gasteiger partial charge in [-0.15, -0.1) is 0 Å². The number of carboxylic acids is 1. The van der Waals surface area contributed by atoms with Gasteiger partial charge in [-0.05, 0) is 77.8 Å². The van der Waals surface area contributed by atoms with Gasteiger partial charge in [0.15, 0.2) is 0 Å². The number of anilines is 2. The van der Waals surface area contributed by atoms with Gasteiger partial charge >= 0.3 is 5.97 Å². The van der Waals surface area contributed by atoms with Crippen molar-refractivity contribution in [3.63, 3.8) is 0 Å². The molecule has 1 amide bonds. The number of benzene rings is 5. The number of aliphatic hydroxyl groups excluding tert-OH is 1. The van der Waals surface area contributed by atoms with E-state index in [1.54, 1.807) is 49.6 Å². The Morgan fingerprint density at radius 3 is 1.61 bits per heavy atom. The zero-order chi connectivity index (χ0) is 41.3. The third-order valence-electron chi connectivity index (χ3n) is 7.74. The van der Waals surface area contributed by atoms with Crippen LogP contribution in [0.2, 0.25) is 0 Å². The number of halogens is 3.